The average Bonchev–Trinajstić information content (AvgIpc) is 3.35. The molecule has 2 unspecified atom stereocenters. The molecule has 4 nitrogen and oxygen atoms in total. The molecular formula is C63H54N4. The van der Waals surface area contributed by atoms with Crippen molar-refractivity contribution in [1.29, 1.82) is 10.5 Å². The molecule has 0 radical (unpaired) electrons. The monoisotopic (exact) mass is 866 g/mol. The molecule has 0 saturated carbocycles. The summed E-state index contributed by atoms with van der Waals surface area (Å²) in [4.78, 5) is 4.87. The standard InChI is InChI=1S/C63H54N4/c1-39(2)56-36-59(66(50-22-14-16-44(32-50)37-64)57-34-48(26-24-41(57)5)46-18-10-8-11-19-46)53-29-30-54-60(40(3)4)43(7)63(55-31-28-52(56)61(53)62(54)55)67(51-23-15-17-45(33-51)38-65)58-35-49(27-25-42(58)6)47-20-12-9-13-21-47/h8-36,39-40,43,60H,1-7H3. The van der Waals surface area contributed by atoms with Crippen LogP contribution in [-0.4, -0.2) is 0 Å². The highest BCUT2D eigenvalue weighted by Gasteiger charge is 2.37. The molecule has 9 aromatic carbocycles. The zero-order valence-electron chi connectivity index (χ0n) is 39.3. The highest BCUT2D eigenvalue weighted by atomic mass is 15.2. The van der Waals surface area contributed by atoms with Gasteiger partial charge in [-0.2, -0.15) is 10.5 Å². The Balaban J connectivity index is 1.34. The molecule has 2 atom stereocenters. The molecule has 10 rings (SSSR count). The van der Waals surface area contributed by atoms with Crippen LogP contribution in [0.3, 0.4) is 0 Å². The van der Waals surface area contributed by atoms with E-state index in [1.165, 1.54) is 38.2 Å². The van der Waals surface area contributed by atoms with Crippen molar-refractivity contribution in [3.05, 3.63) is 215 Å². The highest BCUT2D eigenvalue weighted by molar-refractivity contribution is 6.19. The lowest BCUT2D eigenvalue weighted by molar-refractivity contribution is 0.420. The number of rotatable bonds is 10. The van der Waals surface area contributed by atoms with Gasteiger partial charge in [0.05, 0.1) is 29.0 Å². The average molecular weight is 867 g/mol. The Labute approximate surface area is 395 Å². The number of benzene rings is 9. The van der Waals surface area contributed by atoms with Crippen molar-refractivity contribution in [2.75, 3.05) is 9.80 Å². The van der Waals surface area contributed by atoms with Crippen molar-refractivity contribution in [3.8, 4) is 34.4 Å². The smallest absolute Gasteiger partial charge is 0.0992 e. The lowest BCUT2D eigenvalue weighted by Crippen LogP contribution is -2.36. The van der Waals surface area contributed by atoms with Crippen LogP contribution in [0.2, 0.25) is 0 Å². The van der Waals surface area contributed by atoms with Crippen LogP contribution in [-0.2, 0) is 0 Å². The SMILES string of the molecule is Cc1ccc(-c2ccccc2)cc1N(C1=c2ccc3c(C(C)C)cc(N(c4cccc(C#N)c4)c4cc(-c5ccccc5)ccc4C)c4ccc(c2c34)C(C(C)C)C1C)c1cccc(C#N)c1. The van der Waals surface area contributed by atoms with Gasteiger partial charge in [0.15, 0.2) is 0 Å². The first-order chi connectivity index (χ1) is 32.6. The molecule has 326 valence electrons. The van der Waals surface area contributed by atoms with Crippen LogP contribution in [0.4, 0.5) is 28.4 Å². The predicted octanol–water partition coefficient (Wildman–Crippen LogP) is 16.3. The Morgan fingerprint density at radius 1 is 0.478 bits per heavy atom. The second-order valence-corrected chi connectivity index (χ2v) is 18.9. The van der Waals surface area contributed by atoms with Gasteiger partial charge in [-0.15, -0.1) is 0 Å². The Morgan fingerprint density at radius 2 is 1.01 bits per heavy atom. The van der Waals surface area contributed by atoms with Crippen molar-refractivity contribution >= 4 is 55.7 Å². The third-order valence-electron chi connectivity index (χ3n) is 14.1. The number of hydrogen-bond acceptors (Lipinski definition) is 4. The van der Waals surface area contributed by atoms with Crippen molar-refractivity contribution < 1.29 is 0 Å². The van der Waals surface area contributed by atoms with Gasteiger partial charge in [-0.3, -0.25) is 0 Å². The fourth-order valence-electron chi connectivity index (χ4n) is 10.9. The van der Waals surface area contributed by atoms with Gasteiger partial charge in [-0.25, -0.2) is 0 Å². The van der Waals surface area contributed by atoms with Crippen molar-refractivity contribution in [3.63, 3.8) is 0 Å². The van der Waals surface area contributed by atoms with Crippen LogP contribution >= 0.6 is 0 Å². The molecule has 1 aliphatic rings. The fraction of sp³-hybridized carbons (Fsp3) is 0.175. The molecule has 1 aliphatic carbocycles. The normalized spacial score (nSPS) is 14.4. The molecule has 0 saturated heterocycles. The van der Waals surface area contributed by atoms with Crippen molar-refractivity contribution in [1.82, 2.24) is 0 Å². The molecule has 0 spiro atoms. The summed E-state index contributed by atoms with van der Waals surface area (Å²) >= 11 is 0. The van der Waals surface area contributed by atoms with Gasteiger partial charge in [0.25, 0.3) is 0 Å². The van der Waals surface area contributed by atoms with Crippen LogP contribution in [0.15, 0.2) is 176 Å². The molecule has 4 heteroatoms. The fourth-order valence-corrected chi connectivity index (χ4v) is 10.9. The third kappa shape index (κ3) is 7.50. The van der Waals surface area contributed by atoms with E-state index in [4.69, 9.17) is 0 Å². The largest absolute Gasteiger partial charge is 0.313 e. The van der Waals surface area contributed by atoms with Crippen molar-refractivity contribution in [2.45, 2.75) is 60.3 Å². The number of anilines is 5. The third-order valence-corrected chi connectivity index (χ3v) is 14.1. The summed E-state index contributed by atoms with van der Waals surface area (Å²) in [5.74, 6) is 0.832. The van der Waals surface area contributed by atoms with E-state index in [1.54, 1.807) is 0 Å². The first kappa shape index (κ1) is 43.0. The Kier molecular flexibility index (Phi) is 11.2. The van der Waals surface area contributed by atoms with Gasteiger partial charge in [0.2, 0.25) is 0 Å². The maximum absolute atomic E-state index is 10.3. The van der Waals surface area contributed by atoms with E-state index in [9.17, 15) is 10.5 Å². The van der Waals surface area contributed by atoms with E-state index in [-0.39, 0.29) is 17.8 Å². The summed E-state index contributed by atoms with van der Waals surface area (Å²) in [6.07, 6.45) is 0. The molecule has 0 aromatic heterocycles. The summed E-state index contributed by atoms with van der Waals surface area (Å²) in [6, 6.07) is 67.7. The number of nitrogens with zero attached hydrogens (tertiary/aromatic N) is 4. The van der Waals surface area contributed by atoms with E-state index in [0.29, 0.717) is 17.0 Å². The van der Waals surface area contributed by atoms with E-state index in [2.05, 4.69) is 210 Å². The molecular weight excluding hydrogens is 813 g/mol. The molecule has 0 fully saturated rings. The van der Waals surface area contributed by atoms with Crippen molar-refractivity contribution in [2.24, 2.45) is 11.8 Å². The summed E-state index contributed by atoms with van der Waals surface area (Å²) in [5.41, 5.74) is 17.1. The Hall–Kier alpha value is -7.92. The number of nitriles is 2. The molecule has 67 heavy (non-hydrogen) atoms. The van der Waals surface area contributed by atoms with Gasteiger partial charge in [-0.1, -0.05) is 156 Å². The molecule has 0 heterocycles. The Morgan fingerprint density at radius 3 is 1.55 bits per heavy atom. The van der Waals surface area contributed by atoms with Crippen LogP contribution in [0.1, 0.15) is 79.8 Å². The predicted molar refractivity (Wildman–Crippen MR) is 280 cm³/mol. The second-order valence-electron chi connectivity index (χ2n) is 18.9. The zero-order valence-corrected chi connectivity index (χ0v) is 39.3. The molecule has 0 amide bonds. The Bertz CT molecular complexity index is 3500. The number of hydrogen-bond donors (Lipinski definition) is 0. The number of aryl methyl sites for hydroxylation is 2. The highest BCUT2D eigenvalue weighted by Crippen LogP contribution is 2.52. The summed E-state index contributed by atoms with van der Waals surface area (Å²) in [6.45, 7) is 16.1. The van der Waals surface area contributed by atoms with E-state index < -0.39 is 0 Å². The summed E-state index contributed by atoms with van der Waals surface area (Å²) in [7, 11) is 0. The van der Waals surface area contributed by atoms with Gasteiger partial charge in [0.1, 0.15) is 0 Å². The minimum absolute atomic E-state index is 0.109. The van der Waals surface area contributed by atoms with Crippen LogP contribution < -0.4 is 15.0 Å². The van der Waals surface area contributed by atoms with Crippen LogP contribution in [0.5, 0.6) is 0 Å². The summed E-state index contributed by atoms with van der Waals surface area (Å²) in [5, 5.41) is 26.7. The second kappa shape index (κ2) is 17.5. The quantitative estimate of drug-likeness (QED) is 0.137. The van der Waals surface area contributed by atoms with Gasteiger partial charge < -0.3 is 9.80 Å². The molecule has 0 N–H and O–H groups in total. The first-order valence-electron chi connectivity index (χ1n) is 23.5. The lowest BCUT2D eigenvalue weighted by atomic mass is 9.70. The van der Waals surface area contributed by atoms with Gasteiger partial charge in [-0.05, 0) is 147 Å². The van der Waals surface area contributed by atoms with Crippen LogP contribution in [0, 0.1) is 48.3 Å². The minimum atomic E-state index is 0.109. The van der Waals surface area contributed by atoms with Gasteiger partial charge >= 0.3 is 0 Å². The van der Waals surface area contributed by atoms with E-state index in [0.717, 1.165) is 67.2 Å². The van der Waals surface area contributed by atoms with Gasteiger partial charge in [0, 0.05) is 45.0 Å². The minimum Gasteiger partial charge on any atom is -0.313 e. The first-order valence-corrected chi connectivity index (χ1v) is 23.5. The summed E-state index contributed by atoms with van der Waals surface area (Å²) < 4.78 is 0. The maximum Gasteiger partial charge on any atom is 0.0992 e. The molecule has 0 aliphatic heterocycles. The zero-order chi connectivity index (χ0) is 46.5. The van der Waals surface area contributed by atoms with E-state index in [1.807, 2.05) is 36.4 Å². The topological polar surface area (TPSA) is 54.1 Å². The maximum atomic E-state index is 10.3. The van der Waals surface area contributed by atoms with E-state index >= 15 is 0 Å². The lowest BCUT2D eigenvalue weighted by Gasteiger charge is -2.41. The molecule has 9 aromatic rings. The van der Waals surface area contributed by atoms with Crippen LogP contribution in [0.25, 0.3) is 49.5 Å². The molecule has 0 bridgehead atoms.